The lowest BCUT2D eigenvalue weighted by Gasteiger charge is -2.26. The van der Waals surface area contributed by atoms with E-state index in [4.69, 9.17) is 4.74 Å². The molecule has 1 aromatic rings. The number of morpholine rings is 1. The van der Waals surface area contributed by atoms with E-state index in [-0.39, 0.29) is 23.0 Å². The van der Waals surface area contributed by atoms with Gasteiger partial charge in [-0.1, -0.05) is 0 Å². The van der Waals surface area contributed by atoms with Gasteiger partial charge in [0.1, 0.15) is 5.69 Å². The molecule has 0 saturated carbocycles. The zero-order chi connectivity index (χ0) is 17.5. The summed E-state index contributed by atoms with van der Waals surface area (Å²) in [5, 5.41) is 24.6. The molecule has 10 heteroatoms. The van der Waals surface area contributed by atoms with E-state index in [0.29, 0.717) is 45.7 Å². The van der Waals surface area contributed by atoms with Crippen LogP contribution in [-0.4, -0.2) is 53.5 Å². The molecule has 1 amide bonds. The van der Waals surface area contributed by atoms with Crippen LogP contribution in [0.15, 0.2) is 18.2 Å². The van der Waals surface area contributed by atoms with E-state index in [0.717, 1.165) is 6.07 Å². The van der Waals surface area contributed by atoms with Gasteiger partial charge in [0, 0.05) is 32.1 Å². The second kappa shape index (κ2) is 8.20. The van der Waals surface area contributed by atoms with Crippen LogP contribution in [0.4, 0.5) is 17.1 Å². The normalized spacial score (nSPS) is 14.2. The van der Waals surface area contributed by atoms with E-state index < -0.39 is 9.85 Å². The molecule has 0 aromatic heterocycles. The summed E-state index contributed by atoms with van der Waals surface area (Å²) in [4.78, 5) is 34.0. The molecule has 1 aliphatic heterocycles. The molecule has 10 nitrogen and oxygen atoms in total. The fourth-order valence-corrected chi connectivity index (χ4v) is 2.37. The minimum absolute atomic E-state index is 0.0262. The first-order valence-corrected chi connectivity index (χ1v) is 7.51. The van der Waals surface area contributed by atoms with Crippen molar-refractivity contribution in [3.8, 4) is 0 Å². The van der Waals surface area contributed by atoms with E-state index >= 15 is 0 Å². The summed E-state index contributed by atoms with van der Waals surface area (Å²) in [6.45, 7) is 2.60. The smallest absolute Gasteiger partial charge is 0.299 e. The second-order valence-corrected chi connectivity index (χ2v) is 5.24. The maximum absolute atomic E-state index is 12.0. The summed E-state index contributed by atoms with van der Waals surface area (Å²) in [5.74, 6) is 0.0262. The molecule has 0 spiro atoms. The molecule has 1 saturated heterocycles. The van der Waals surface area contributed by atoms with Crippen molar-refractivity contribution >= 4 is 23.0 Å². The molecule has 24 heavy (non-hydrogen) atoms. The number of ether oxygens (including phenoxy) is 1. The Hall–Kier alpha value is -2.75. The number of carbonyl (C=O) groups excluding carboxylic acids is 1. The van der Waals surface area contributed by atoms with Gasteiger partial charge in [0.05, 0.1) is 29.1 Å². The van der Waals surface area contributed by atoms with Gasteiger partial charge < -0.3 is 15.0 Å². The standard InChI is InChI=1S/C14H18N4O6/c19-14(16-6-8-24-9-7-16)2-1-5-15-12-4-3-11(17(20)21)10-13(12)18(22)23/h3-4,10,15H,1-2,5-9H2. The number of non-ortho nitro benzene ring substituents is 1. The number of nitro groups is 2. The monoisotopic (exact) mass is 338 g/mol. The Labute approximate surface area is 137 Å². The Balaban J connectivity index is 1.86. The maximum atomic E-state index is 12.0. The fraction of sp³-hybridized carbons (Fsp3) is 0.500. The van der Waals surface area contributed by atoms with Crippen LogP contribution in [0.2, 0.25) is 0 Å². The summed E-state index contributed by atoms with van der Waals surface area (Å²) >= 11 is 0. The summed E-state index contributed by atoms with van der Waals surface area (Å²) in [6.07, 6.45) is 0.831. The van der Waals surface area contributed by atoms with Gasteiger partial charge in [-0.15, -0.1) is 0 Å². The van der Waals surface area contributed by atoms with Gasteiger partial charge in [-0.25, -0.2) is 0 Å². The topological polar surface area (TPSA) is 128 Å². The van der Waals surface area contributed by atoms with E-state index in [1.54, 1.807) is 4.90 Å². The van der Waals surface area contributed by atoms with Gasteiger partial charge in [0.25, 0.3) is 11.4 Å². The van der Waals surface area contributed by atoms with Crippen molar-refractivity contribution in [2.75, 3.05) is 38.2 Å². The maximum Gasteiger partial charge on any atom is 0.299 e. The van der Waals surface area contributed by atoms with Crippen LogP contribution in [0.1, 0.15) is 12.8 Å². The number of nitrogens with zero attached hydrogens (tertiary/aromatic N) is 3. The molecule has 1 aromatic carbocycles. The molecule has 1 heterocycles. The molecule has 1 N–H and O–H groups in total. The fourth-order valence-electron chi connectivity index (χ4n) is 2.37. The predicted molar refractivity (Wildman–Crippen MR) is 84.9 cm³/mol. The van der Waals surface area contributed by atoms with Gasteiger partial charge in [0.2, 0.25) is 5.91 Å². The molecule has 130 valence electrons. The van der Waals surface area contributed by atoms with Gasteiger partial charge >= 0.3 is 0 Å². The first-order valence-electron chi connectivity index (χ1n) is 7.51. The lowest BCUT2D eigenvalue weighted by atomic mass is 10.2. The van der Waals surface area contributed by atoms with Crippen molar-refractivity contribution in [3.63, 3.8) is 0 Å². The summed E-state index contributed by atoms with van der Waals surface area (Å²) < 4.78 is 5.18. The minimum Gasteiger partial charge on any atom is -0.379 e. The molecule has 0 atom stereocenters. The van der Waals surface area contributed by atoms with E-state index in [9.17, 15) is 25.0 Å². The van der Waals surface area contributed by atoms with Crippen molar-refractivity contribution < 1.29 is 19.4 Å². The summed E-state index contributed by atoms with van der Waals surface area (Å²) in [5.41, 5.74) is -0.497. The first-order chi connectivity index (χ1) is 11.5. The number of benzene rings is 1. The number of hydrogen-bond acceptors (Lipinski definition) is 7. The van der Waals surface area contributed by atoms with Crippen molar-refractivity contribution in [1.82, 2.24) is 4.90 Å². The SMILES string of the molecule is O=C(CCCNc1ccc([N+](=O)[O-])cc1[N+](=O)[O-])N1CCOCC1. The highest BCUT2D eigenvalue weighted by atomic mass is 16.6. The minimum atomic E-state index is -0.683. The number of nitro benzene ring substituents is 2. The Morgan fingerprint density at radius 1 is 1.21 bits per heavy atom. The average Bonchev–Trinajstić information content (AvgIpc) is 2.59. The number of hydrogen-bond donors (Lipinski definition) is 1. The van der Waals surface area contributed by atoms with Crippen molar-refractivity contribution in [2.24, 2.45) is 0 Å². The molecule has 1 fully saturated rings. The zero-order valence-corrected chi connectivity index (χ0v) is 13.0. The largest absolute Gasteiger partial charge is 0.379 e. The highest BCUT2D eigenvalue weighted by Gasteiger charge is 2.19. The summed E-state index contributed by atoms with van der Waals surface area (Å²) in [7, 11) is 0. The van der Waals surface area contributed by atoms with Crippen LogP contribution in [0.25, 0.3) is 0 Å². The van der Waals surface area contributed by atoms with Crippen LogP contribution < -0.4 is 5.32 Å². The zero-order valence-electron chi connectivity index (χ0n) is 13.0. The molecular formula is C14H18N4O6. The van der Waals surface area contributed by atoms with Crippen LogP contribution in [0.5, 0.6) is 0 Å². The van der Waals surface area contributed by atoms with Gasteiger partial charge in [-0.3, -0.25) is 25.0 Å². The third-order valence-corrected chi connectivity index (χ3v) is 3.64. The highest BCUT2D eigenvalue weighted by molar-refractivity contribution is 5.76. The van der Waals surface area contributed by atoms with Crippen molar-refractivity contribution in [2.45, 2.75) is 12.8 Å². The molecular weight excluding hydrogens is 320 g/mol. The number of nitrogens with one attached hydrogen (secondary N) is 1. The highest BCUT2D eigenvalue weighted by Crippen LogP contribution is 2.28. The lowest BCUT2D eigenvalue weighted by Crippen LogP contribution is -2.40. The number of amides is 1. The molecule has 0 bridgehead atoms. The van der Waals surface area contributed by atoms with Gasteiger partial charge in [-0.05, 0) is 12.5 Å². The molecule has 0 aliphatic carbocycles. The third-order valence-electron chi connectivity index (χ3n) is 3.64. The molecule has 1 aliphatic rings. The van der Waals surface area contributed by atoms with Crippen LogP contribution in [0, 0.1) is 20.2 Å². The molecule has 0 radical (unpaired) electrons. The van der Waals surface area contributed by atoms with E-state index in [2.05, 4.69) is 5.32 Å². The lowest BCUT2D eigenvalue weighted by molar-refractivity contribution is -0.393. The summed E-state index contributed by atoms with van der Waals surface area (Å²) in [6, 6.07) is 3.43. The van der Waals surface area contributed by atoms with Gasteiger partial charge in [-0.2, -0.15) is 0 Å². The number of rotatable bonds is 7. The number of carbonyl (C=O) groups is 1. The van der Waals surface area contributed by atoms with Crippen molar-refractivity contribution in [1.29, 1.82) is 0 Å². The third kappa shape index (κ3) is 4.62. The number of anilines is 1. The molecule has 2 rings (SSSR count). The quantitative estimate of drug-likeness (QED) is 0.454. The average molecular weight is 338 g/mol. The van der Waals surface area contributed by atoms with Crippen molar-refractivity contribution in [3.05, 3.63) is 38.4 Å². The first kappa shape index (κ1) is 17.6. The Morgan fingerprint density at radius 3 is 2.54 bits per heavy atom. The second-order valence-electron chi connectivity index (χ2n) is 5.24. The Bertz CT molecular complexity index is 630. The Morgan fingerprint density at radius 2 is 1.92 bits per heavy atom. The van der Waals surface area contributed by atoms with E-state index in [1.165, 1.54) is 12.1 Å². The van der Waals surface area contributed by atoms with Gasteiger partial charge in [0.15, 0.2) is 0 Å². The van der Waals surface area contributed by atoms with Crippen LogP contribution in [-0.2, 0) is 9.53 Å². The van der Waals surface area contributed by atoms with Crippen LogP contribution >= 0.6 is 0 Å². The van der Waals surface area contributed by atoms with E-state index in [1.807, 2.05) is 0 Å². The van der Waals surface area contributed by atoms with Crippen LogP contribution in [0.3, 0.4) is 0 Å². The molecule has 0 unspecified atom stereocenters. The Kier molecular flexibility index (Phi) is 6.01. The predicted octanol–water partition coefficient (Wildman–Crippen LogP) is 1.55.